The van der Waals surface area contributed by atoms with Crippen LogP contribution in [0.2, 0.25) is 0 Å². The molecule has 2 nitrogen and oxygen atoms in total. The summed E-state index contributed by atoms with van der Waals surface area (Å²) < 4.78 is 6.20. The van der Waals surface area contributed by atoms with Crippen LogP contribution < -0.4 is 4.74 Å². The lowest BCUT2D eigenvalue weighted by Gasteiger charge is -2.37. The topological polar surface area (TPSA) is 29.5 Å². The van der Waals surface area contributed by atoms with Gasteiger partial charge in [0.25, 0.3) is 0 Å². The third-order valence-electron chi connectivity index (χ3n) is 3.80. The van der Waals surface area contributed by atoms with E-state index in [1.807, 2.05) is 13.0 Å². The Bertz CT molecular complexity index is 479. The Kier molecular flexibility index (Phi) is 2.88. The van der Waals surface area contributed by atoms with Gasteiger partial charge in [-0.15, -0.1) is 0 Å². The van der Waals surface area contributed by atoms with Gasteiger partial charge in [0.15, 0.2) is 0 Å². The zero-order valence-electron chi connectivity index (χ0n) is 12.3. The van der Waals surface area contributed by atoms with Crippen LogP contribution in [0.4, 0.5) is 0 Å². The zero-order chi connectivity index (χ0) is 13.7. The molecule has 1 aliphatic rings. The van der Waals surface area contributed by atoms with E-state index in [4.69, 9.17) is 4.74 Å². The summed E-state index contributed by atoms with van der Waals surface area (Å²) in [5, 5.41) is 10.1. The summed E-state index contributed by atoms with van der Waals surface area (Å²) in [6.45, 7) is 12.7. The summed E-state index contributed by atoms with van der Waals surface area (Å²) in [6.07, 6.45) is 1.97. The van der Waals surface area contributed by atoms with Crippen molar-refractivity contribution in [3.8, 4) is 11.5 Å². The molecule has 0 spiro atoms. The summed E-state index contributed by atoms with van der Waals surface area (Å²) in [5.74, 6) is 1.39. The molecular weight excluding hydrogens is 224 g/mol. The minimum atomic E-state index is -0.115. The highest BCUT2D eigenvalue weighted by Crippen LogP contribution is 2.45. The minimum Gasteiger partial charge on any atom is -0.508 e. The van der Waals surface area contributed by atoms with E-state index in [1.165, 1.54) is 5.56 Å². The Balaban J connectivity index is 2.67. The summed E-state index contributed by atoms with van der Waals surface area (Å²) in [4.78, 5) is 0. The van der Waals surface area contributed by atoms with Crippen molar-refractivity contribution in [2.75, 3.05) is 0 Å². The molecule has 1 aliphatic heterocycles. The zero-order valence-corrected chi connectivity index (χ0v) is 12.3. The first-order chi connectivity index (χ1) is 8.12. The molecule has 0 radical (unpaired) electrons. The fraction of sp³-hybridized carbons (Fsp3) is 0.625. The summed E-state index contributed by atoms with van der Waals surface area (Å²) in [5.41, 5.74) is 3.11. The molecule has 0 bridgehead atoms. The molecule has 1 aromatic carbocycles. The van der Waals surface area contributed by atoms with Crippen molar-refractivity contribution in [1.29, 1.82) is 0 Å². The number of fused-ring (bicyclic) bond motifs is 1. The van der Waals surface area contributed by atoms with Crippen LogP contribution in [0.15, 0.2) is 6.07 Å². The van der Waals surface area contributed by atoms with Crippen LogP contribution in [-0.4, -0.2) is 10.7 Å². The van der Waals surface area contributed by atoms with Crippen LogP contribution in [0.25, 0.3) is 0 Å². The number of aromatic hydroxyl groups is 1. The van der Waals surface area contributed by atoms with Gasteiger partial charge in [-0.3, -0.25) is 0 Å². The van der Waals surface area contributed by atoms with Gasteiger partial charge < -0.3 is 9.84 Å². The number of ether oxygens (including phenoxy) is 1. The fourth-order valence-electron chi connectivity index (χ4n) is 2.53. The summed E-state index contributed by atoms with van der Waals surface area (Å²) in [7, 11) is 0. The van der Waals surface area contributed by atoms with Crippen LogP contribution in [0.5, 0.6) is 11.5 Å². The summed E-state index contributed by atoms with van der Waals surface area (Å²) in [6, 6.07) is 1.87. The van der Waals surface area contributed by atoms with Gasteiger partial charge in [0, 0.05) is 11.1 Å². The largest absolute Gasteiger partial charge is 0.508 e. The normalized spacial score (nSPS) is 18.1. The van der Waals surface area contributed by atoms with Gasteiger partial charge in [-0.2, -0.15) is 0 Å². The second-order valence-corrected chi connectivity index (χ2v) is 6.99. The molecular formula is C16H24O2. The number of rotatable bonds is 0. The van der Waals surface area contributed by atoms with E-state index in [2.05, 4.69) is 34.6 Å². The number of phenolic OH excluding ortho intramolecular Hbond substituents is 1. The van der Waals surface area contributed by atoms with Crippen molar-refractivity contribution >= 4 is 0 Å². The van der Waals surface area contributed by atoms with Crippen molar-refractivity contribution in [1.82, 2.24) is 0 Å². The Morgan fingerprint density at radius 1 is 1.28 bits per heavy atom. The van der Waals surface area contributed by atoms with Gasteiger partial charge in [0.05, 0.1) is 0 Å². The van der Waals surface area contributed by atoms with Crippen LogP contribution in [0.3, 0.4) is 0 Å². The maximum absolute atomic E-state index is 10.1. The predicted molar refractivity (Wildman–Crippen MR) is 74.6 cm³/mol. The lowest BCUT2D eigenvalue weighted by atomic mass is 9.81. The molecule has 0 aliphatic carbocycles. The van der Waals surface area contributed by atoms with Crippen molar-refractivity contribution in [2.45, 2.75) is 65.4 Å². The van der Waals surface area contributed by atoms with E-state index in [1.54, 1.807) is 0 Å². The van der Waals surface area contributed by atoms with Gasteiger partial charge in [0.1, 0.15) is 17.1 Å². The molecule has 0 saturated carbocycles. The Morgan fingerprint density at radius 2 is 1.89 bits per heavy atom. The quantitative estimate of drug-likeness (QED) is 0.749. The van der Waals surface area contributed by atoms with Crippen LogP contribution in [0.1, 0.15) is 57.7 Å². The first kappa shape index (κ1) is 13.3. The molecule has 1 aromatic rings. The average Bonchev–Trinajstić information content (AvgIpc) is 2.20. The molecule has 0 amide bonds. The first-order valence-corrected chi connectivity index (χ1v) is 6.67. The third-order valence-corrected chi connectivity index (χ3v) is 3.80. The van der Waals surface area contributed by atoms with Crippen molar-refractivity contribution in [2.24, 2.45) is 0 Å². The highest BCUT2D eigenvalue weighted by atomic mass is 16.5. The highest BCUT2D eigenvalue weighted by molar-refractivity contribution is 5.56. The Hall–Kier alpha value is -1.18. The van der Waals surface area contributed by atoms with Crippen LogP contribution in [0, 0.1) is 6.92 Å². The number of phenols is 1. The molecule has 1 heterocycles. The second kappa shape index (κ2) is 3.91. The molecule has 0 atom stereocenters. The molecule has 2 heteroatoms. The second-order valence-electron chi connectivity index (χ2n) is 6.99. The van der Waals surface area contributed by atoms with Crippen molar-refractivity contribution < 1.29 is 9.84 Å². The first-order valence-electron chi connectivity index (χ1n) is 6.67. The lowest BCUT2D eigenvalue weighted by Crippen LogP contribution is -2.34. The number of benzene rings is 1. The van der Waals surface area contributed by atoms with E-state index < -0.39 is 0 Å². The van der Waals surface area contributed by atoms with E-state index in [0.717, 1.165) is 29.7 Å². The van der Waals surface area contributed by atoms with Gasteiger partial charge >= 0.3 is 0 Å². The monoisotopic (exact) mass is 248 g/mol. The molecule has 2 rings (SSSR count). The molecule has 0 saturated heterocycles. The van der Waals surface area contributed by atoms with Gasteiger partial charge in [-0.25, -0.2) is 0 Å². The highest BCUT2D eigenvalue weighted by Gasteiger charge is 2.33. The van der Waals surface area contributed by atoms with E-state index >= 15 is 0 Å². The van der Waals surface area contributed by atoms with Crippen LogP contribution in [-0.2, 0) is 11.8 Å². The maximum Gasteiger partial charge on any atom is 0.127 e. The van der Waals surface area contributed by atoms with Crippen molar-refractivity contribution in [3.63, 3.8) is 0 Å². The van der Waals surface area contributed by atoms with E-state index in [-0.39, 0.29) is 11.0 Å². The maximum atomic E-state index is 10.1. The SMILES string of the molecule is Cc1c(O)cc(C(C)(C)C)c2c1CCC(C)(C)O2. The minimum absolute atomic E-state index is 0.0251. The lowest BCUT2D eigenvalue weighted by molar-refractivity contribution is 0.0815. The van der Waals surface area contributed by atoms with Gasteiger partial charge in [0.2, 0.25) is 0 Å². The molecule has 18 heavy (non-hydrogen) atoms. The predicted octanol–water partition coefficient (Wildman–Crippen LogP) is 4.10. The molecule has 100 valence electrons. The molecule has 0 unspecified atom stereocenters. The number of hydrogen-bond acceptors (Lipinski definition) is 2. The van der Waals surface area contributed by atoms with E-state index in [9.17, 15) is 5.11 Å². The molecule has 1 N–H and O–H groups in total. The van der Waals surface area contributed by atoms with Gasteiger partial charge in [-0.05, 0) is 50.7 Å². The van der Waals surface area contributed by atoms with E-state index in [0.29, 0.717) is 5.75 Å². The van der Waals surface area contributed by atoms with Gasteiger partial charge in [-0.1, -0.05) is 20.8 Å². The molecule has 0 fully saturated rings. The third kappa shape index (κ3) is 2.21. The standard InChI is InChI=1S/C16H24O2/c1-10-11-7-8-16(5,6)18-14(11)12(9-13(10)17)15(2,3)4/h9,17H,7-8H2,1-6H3. The fourth-order valence-corrected chi connectivity index (χ4v) is 2.53. The smallest absolute Gasteiger partial charge is 0.127 e. The average molecular weight is 248 g/mol. The van der Waals surface area contributed by atoms with Crippen molar-refractivity contribution in [3.05, 3.63) is 22.8 Å². The molecule has 0 aromatic heterocycles. The number of hydrogen-bond donors (Lipinski definition) is 1. The Labute approximate surface area is 110 Å². The Morgan fingerprint density at radius 3 is 2.44 bits per heavy atom. The summed E-state index contributed by atoms with van der Waals surface area (Å²) >= 11 is 0. The van der Waals surface area contributed by atoms with Crippen LogP contribution >= 0.6 is 0 Å².